The van der Waals surface area contributed by atoms with Crippen LogP contribution in [-0.4, -0.2) is 40.2 Å². The van der Waals surface area contributed by atoms with E-state index < -0.39 is 0 Å². The maximum atomic E-state index is 12.0. The highest BCUT2D eigenvalue weighted by atomic mass is 32.2. The number of aromatic nitrogens is 1. The van der Waals surface area contributed by atoms with E-state index in [9.17, 15) is 4.79 Å². The second kappa shape index (κ2) is 7.17. The van der Waals surface area contributed by atoms with Crippen LogP contribution < -0.4 is 5.32 Å². The van der Waals surface area contributed by atoms with Crippen molar-refractivity contribution < 1.29 is 9.90 Å². The lowest BCUT2D eigenvalue weighted by atomic mass is 10.1. The van der Waals surface area contributed by atoms with Crippen LogP contribution in [-0.2, 0) is 0 Å². The maximum absolute atomic E-state index is 12.0. The van der Waals surface area contributed by atoms with Gasteiger partial charge in [0, 0.05) is 36.2 Å². The fourth-order valence-electron chi connectivity index (χ4n) is 1.77. The van der Waals surface area contributed by atoms with Crippen molar-refractivity contribution in [2.45, 2.75) is 18.9 Å². The third kappa shape index (κ3) is 4.27. The van der Waals surface area contributed by atoms with Crippen molar-refractivity contribution in [1.82, 2.24) is 10.3 Å². The standard InChI is InChI=1S/C14H16N2O2S/c17-5-2-1-3-11-7-12(9-15-8-11)14(18)16-13-4-6-19-10-13/h7-9,13,17H,2,4-6,10H2,(H,16,18). The Hall–Kier alpha value is -1.51. The van der Waals surface area contributed by atoms with Gasteiger partial charge in [-0.1, -0.05) is 11.8 Å². The average molecular weight is 276 g/mol. The molecular formula is C14H16N2O2S. The molecule has 100 valence electrons. The summed E-state index contributed by atoms with van der Waals surface area (Å²) in [4.78, 5) is 16.1. The van der Waals surface area contributed by atoms with Crippen molar-refractivity contribution in [3.63, 3.8) is 0 Å². The molecule has 0 bridgehead atoms. The summed E-state index contributed by atoms with van der Waals surface area (Å²) in [7, 11) is 0. The third-order valence-corrected chi connectivity index (χ3v) is 3.90. The van der Waals surface area contributed by atoms with E-state index in [4.69, 9.17) is 5.11 Å². The predicted octanol–water partition coefficient (Wildman–Crippen LogP) is 1.05. The van der Waals surface area contributed by atoms with Crippen LogP contribution in [0.4, 0.5) is 0 Å². The number of thioether (sulfide) groups is 1. The van der Waals surface area contributed by atoms with E-state index in [0.717, 1.165) is 17.9 Å². The molecule has 2 N–H and O–H groups in total. The summed E-state index contributed by atoms with van der Waals surface area (Å²) in [6, 6.07) is 2.00. The second-order valence-electron chi connectivity index (χ2n) is 4.27. The minimum atomic E-state index is -0.0918. The fraction of sp³-hybridized carbons (Fsp3) is 0.429. The van der Waals surface area contributed by atoms with Gasteiger partial charge < -0.3 is 10.4 Å². The quantitative estimate of drug-likeness (QED) is 0.810. The van der Waals surface area contributed by atoms with Gasteiger partial charge in [-0.2, -0.15) is 11.8 Å². The normalized spacial score (nSPS) is 17.6. The predicted molar refractivity (Wildman–Crippen MR) is 76.0 cm³/mol. The van der Waals surface area contributed by atoms with E-state index in [1.807, 2.05) is 11.8 Å². The first-order valence-electron chi connectivity index (χ1n) is 6.23. The summed E-state index contributed by atoms with van der Waals surface area (Å²) in [6.45, 7) is 0.0416. The van der Waals surface area contributed by atoms with Crippen LogP contribution in [0, 0.1) is 11.8 Å². The topological polar surface area (TPSA) is 62.2 Å². The minimum Gasteiger partial charge on any atom is -0.395 e. The summed E-state index contributed by atoms with van der Waals surface area (Å²) in [5.41, 5.74) is 1.23. The zero-order valence-electron chi connectivity index (χ0n) is 10.6. The van der Waals surface area contributed by atoms with E-state index in [1.54, 1.807) is 18.5 Å². The van der Waals surface area contributed by atoms with Crippen LogP contribution in [0.15, 0.2) is 18.5 Å². The van der Waals surface area contributed by atoms with Gasteiger partial charge in [-0.05, 0) is 18.2 Å². The largest absolute Gasteiger partial charge is 0.395 e. The Kier molecular flexibility index (Phi) is 5.25. The van der Waals surface area contributed by atoms with E-state index in [-0.39, 0.29) is 18.6 Å². The van der Waals surface area contributed by atoms with Gasteiger partial charge in [0.2, 0.25) is 0 Å². The molecule has 5 heteroatoms. The fourth-order valence-corrected chi connectivity index (χ4v) is 2.92. The zero-order valence-corrected chi connectivity index (χ0v) is 11.4. The Bertz CT molecular complexity index is 502. The summed E-state index contributed by atoms with van der Waals surface area (Å²) < 4.78 is 0. The summed E-state index contributed by atoms with van der Waals surface area (Å²) >= 11 is 1.86. The molecule has 4 nitrogen and oxygen atoms in total. The smallest absolute Gasteiger partial charge is 0.253 e. The van der Waals surface area contributed by atoms with Gasteiger partial charge in [0.15, 0.2) is 0 Å². The number of pyridine rings is 1. The van der Waals surface area contributed by atoms with Crippen LogP contribution in [0.5, 0.6) is 0 Å². The van der Waals surface area contributed by atoms with Gasteiger partial charge in [0.1, 0.15) is 0 Å². The molecule has 1 aliphatic heterocycles. The number of hydrogen-bond acceptors (Lipinski definition) is 4. The number of aliphatic hydroxyl groups excluding tert-OH is 1. The number of carbonyl (C=O) groups excluding carboxylic acids is 1. The molecule has 1 aromatic heterocycles. The van der Waals surface area contributed by atoms with Gasteiger partial charge in [-0.25, -0.2) is 0 Å². The van der Waals surface area contributed by atoms with E-state index in [1.165, 1.54) is 0 Å². The average Bonchev–Trinajstić information content (AvgIpc) is 2.92. The van der Waals surface area contributed by atoms with Crippen LogP contribution in [0.2, 0.25) is 0 Å². The van der Waals surface area contributed by atoms with Crippen molar-refractivity contribution in [2.24, 2.45) is 0 Å². The molecule has 1 unspecified atom stereocenters. The Morgan fingerprint density at radius 2 is 2.47 bits per heavy atom. The van der Waals surface area contributed by atoms with Crippen LogP contribution in [0.3, 0.4) is 0 Å². The van der Waals surface area contributed by atoms with Crippen LogP contribution in [0.1, 0.15) is 28.8 Å². The van der Waals surface area contributed by atoms with Crippen molar-refractivity contribution >= 4 is 17.7 Å². The molecule has 0 aliphatic carbocycles. The Labute approximate surface area is 117 Å². The first kappa shape index (κ1) is 13.9. The van der Waals surface area contributed by atoms with Gasteiger partial charge in [0.05, 0.1) is 12.2 Å². The molecule has 2 rings (SSSR count). The highest BCUT2D eigenvalue weighted by molar-refractivity contribution is 7.99. The monoisotopic (exact) mass is 276 g/mol. The Morgan fingerprint density at radius 3 is 3.21 bits per heavy atom. The summed E-state index contributed by atoms with van der Waals surface area (Å²) in [5, 5.41) is 11.7. The lowest BCUT2D eigenvalue weighted by molar-refractivity contribution is 0.0940. The number of nitrogens with zero attached hydrogens (tertiary/aromatic N) is 1. The van der Waals surface area contributed by atoms with Gasteiger partial charge >= 0.3 is 0 Å². The number of carbonyl (C=O) groups is 1. The number of nitrogens with one attached hydrogen (secondary N) is 1. The lowest BCUT2D eigenvalue weighted by Crippen LogP contribution is -2.34. The van der Waals surface area contributed by atoms with E-state index >= 15 is 0 Å². The summed E-state index contributed by atoms with van der Waals surface area (Å²) in [5.74, 6) is 7.69. The Morgan fingerprint density at radius 1 is 1.58 bits per heavy atom. The number of hydrogen-bond donors (Lipinski definition) is 2. The van der Waals surface area contributed by atoms with Crippen molar-refractivity contribution in [3.8, 4) is 11.8 Å². The molecule has 1 fully saturated rings. The van der Waals surface area contributed by atoms with Gasteiger partial charge in [0.25, 0.3) is 5.91 Å². The first-order valence-corrected chi connectivity index (χ1v) is 7.38. The van der Waals surface area contributed by atoms with Crippen LogP contribution in [0.25, 0.3) is 0 Å². The number of aliphatic hydroxyl groups is 1. The number of rotatable bonds is 3. The molecular weight excluding hydrogens is 260 g/mol. The molecule has 2 heterocycles. The molecule has 0 aromatic carbocycles. The highest BCUT2D eigenvalue weighted by Crippen LogP contribution is 2.17. The molecule has 0 radical (unpaired) electrons. The highest BCUT2D eigenvalue weighted by Gasteiger charge is 2.18. The molecule has 1 saturated heterocycles. The van der Waals surface area contributed by atoms with Crippen molar-refractivity contribution in [3.05, 3.63) is 29.6 Å². The van der Waals surface area contributed by atoms with Gasteiger partial charge in [-0.15, -0.1) is 0 Å². The molecule has 1 atom stereocenters. The molecule has 1 aromatic rings. The molecule has 0 saturated carbocycles. The first-order chi connectivity index (χ1) is 9.29. The third-order valence-electron chi connectivity index (χ3n) is 2.73. The van der Waals surface area contributed by atoms with E-state index in [0.29, 0.717) is 17.5 Å². The second-order valence-corrected chi connectivity index (χ2v) is 5.42. The maximum Gasteiger partial charge on any atom is 0.253 e. The van der Waals surface area contributed by atoms with Crippen LogP contribution >= 0.6 is 11.8 Å². The lowest BCUT2D eigenvalue weighted by Gasteiger charge is -2.10. The van der Waals surface area contributed by atoms with Crippen molar-refractivity contribution in [1.29, 1.82) is 0 Å². The Balaban J connectivity index is 2.01. The van der Waals surface area contributed by atoms with Gasteiger partial charge in [-0.3, -0.25) is 9.78 Å². The minimum absolute atomic E-state index is 0.0416. The molecule has 0 spiro atoms. The summed E-state index contributed by atoms with van der Waals surface area (Å²) in [6.07, 6.45) is 4.62. The van der Waals surface area contributed by atoms with E-state index in [2.05, 4.69) is 22.1 Å². The molecule has 19 heavy (non-hydrogen) atoms. The zero-order chi connectivity index (χ0) is 13.5. The molecule has 1 amide bonds. The number of amides is 1. The molecule has 1 aliphatic rings. The van der Waals surface area contributed by atoms with Crippen molar-refractivity contribution in [2.75, 3.05) is 18.1 Å². The SMILES string of the molecule is O=C(NC1CCSC1)c1cncc(C#CCCO)c1.